The van der Waals surface area contributed by atoms with Crippen molar-refractivity contribution in [1.29, 1.82) is 0 Å². The van der Waals surface area contributed by atoms with Crippen molar-refractivity contribution in [3.8, 4) is 0 Å². The number of pyridine rings is 1. The summed E-state index contributed by atoms with van der Waals surface area (Å²) >= 11 is 0. The van der Waals surface area contributed by atoms with Crippen LogP contribution in [0.2, 0.25) is 0 Å². The van der Waals surface area contributed by atoms with Crippen LogP contribution in [-0.2, 0) is 22.4 Å². The van der Waals surface area contributed by atoms with Gasteiger partial charge in [-0.2, -0.15) is 0 Å². The Bertz CT molecular complexity index is 1230. The molecule has 2 heterocycles. The number of carbonyl (C=O) groups is 1. The Balaban J connectivity index is 1.43. The fraction of sp³-hybridized carbons (Fsp3) is 0.645. The van der Waals surface area contributed by atoms with E-state index in [1.165, 1.54) is 5.56 Å². The first kappa shape index (κ1) is 30.8. The molecule has 3 rings (SSSR count). The molecule has 8 heteroatoms. The second-order valence-electron chi connectivity index (χ2n) is 12.8. The lowest BCUT2D eigenvalue weighted by Gasteiger charge is -2.32. The van der Waals surface area contributed by atoms with Crippen molar-refractivity contribution in [2.24, 2.45) is 10.8 Å². The van der Waals surface area contributed by atoms with Gasteiger partial charge in [-0.1, -0.05) is 59.6 Å². The van der Waals surface area contributed by atoms with Crippen LogP contribution in [0.5, 0.6) is 0 Å². The van der Waals surface area contributed by atoms with E-state index >= 15 is 0 Å². The molecule has 0 saturated heterocycles. The lowest BCUT2D eigenvalue weighted by Crippen LogP contribution is -2.36. The Morgan fingerprint density at radius 3 is 2.51 bits per heavy atom. The first-order valence-corrected chi connectivity index (χ1v) is 14.4. The molecular formula is C31H49N5O3. The molecule has 39 heavy (non-hydrogen) atoms. The Labute approximate surface area is 233 Å². The van der Waals surface area contributed by atoms with Crippen molar-refractivity contribution >= 4 is 33.7 Å². The standard InChI is InChI=1S/C31H49N5O3/c1-7-8-13-25-34-27-23-15-14-22(17-24(23)33-29(32)28(27)35-25)12-10-9-11-16-36(6)19-31(4,5)21-39-20-30(2,3)18-26(37)38/h14-15,17H,7-13,16,18-21H2,1-6H3,(H2,32,33)(H,34,35)(H,37,38). The minimum atomic E-state index is -0.781. The van der Waals surface area contributed by atoms with E-state index in [2.05, 4.69) is 60.9 Å². The average molecular weight is 540 g/mol. The first-order valence-electron chi connectivity index (χ1n) is 14.4. The number of carboxylic acid groups (broad SMARTS) is 1. The fourth-order valence-corrected chi connectivity index (χ4v) is 5.28. The maximum Gasteiger partial charge on any atom is 0.303 e. The van der Waals surface area contributed by atoms with Crippen molar-refractivity contribution in [3.05, 3.63) is 29.6 Å². The van der Waals surface area contributed by atoms with E-state index in [4.69, 9.17) is 20.6 Å². The zero-order valence-electron chi connectivity index (χ0n) is 24.9. The van der Waals surface area contributed by atoms with Crippen LogP contribution in [0.25, 0.3) is 21.9 Å². The number of nitrogens with one attached hydrogen (secondary N) is 1. The van der Waals surface area contributed by atoms with E-state index in [-0.39, 0.29) is 17.3 Å². The van der Waals surface area contributed by atoms with E-state index in [1.54, 1.807) is 0 Å². The van der Waals surface area contributed by atoms with Gasteiger partial charge in [-0.15, -0.1) is 0 Å². The zero-order valence-corrected chi connectivity index (χ0v) is 24.9. The van der Waals surface area contributed by atoms with Crippen LogP contribution < -0.4 is 5.73 Å². The maximum atomic E-state index is 11.0. The summed E-state index contributed by atoms with van der Waals surface area (Å²) in [7, 11) is 2.17. The number of carboxylic acids is 1. The summed E-state index contributed by atoms with van der Waals surface area (Å²) in [6.07, 6.45) is 7.74. The molecule has 216 valence electrons. The molecule has 8 nitrogen and oxygen atoms in total. The minimum absolute atomic E-state index is 0.00447. The molecule has 1 aromatic carbocycles. The van der Waals surface area contributed by atoms with Crippen molar-refractivity contribution in [2.45, 2.75) is 86.0 Å². The van der Waals surface area contributed by atoms with Gasteiger partial charge in [0.15, 0.2) is 0 Å². The molecular weight excluding hydrogens is 490 g/mol. The van der Waals surface area contributed by atoms with Crippen LogP contribution in [-0.4, -0.2) is 64.3 Å². The molecule has 0 saturated carbocycles. The molecule has 0 aliphatic carbocycles. The minimum Gasteiger partial charge on any atom is -0.481 e. The van der Waals surface area contributed by atoms with Crippen LogP contribution in [0.1, 0.15) is 84.5 Å². The Morgan fingerprint density at radius 2 is 1.79 bits per heavy atom. The Hall–Kier alpha value is -2.71. The number of nitrogen functional groups attached to an aromatic ring is 1. The third-order valence-corrected chi connectivity index (χ3v) is 7.15. The van der Waals surface area contributed by atoms with E-state index in [0.29, 0.717) is 19.0 Å². The second-order valence-corrected chi connectivity index (χ2v) is 12.8. The Kier molecular flexibility index (Phi) is 10.7. The first-order chi connectivity index (χ1) is 18.4. The molecule has 0 spiro atoms. The summed E-state index contributed by atoms with van der Waals surface area (Å²) in [6.45, 7) is 13.5. The topological polar surface area (TPSA) is 117 Å². The predicted molar refractivity (Wildman–Crippen MR) is 160 cm³/mol. The number of fused-ring (bicyclic) bond motifs is 3. The highest BCUT2D eigenvalue weighted by Crippen LogP contribution is 2.28. The lowest BCUT2D eigenvalue weighted by atomic mass is 9.90. The number of aromatic nitrogens is 3. The molecule has 0 unspecified atom stereocenters. The van der Waals surface area contributed by atoms with E-state index in [9.17, 15) is 4.79 Å². The number of aliphatic carboxylic acids is 1. The number of hydrogen-bond donors (Lipinski definition) is 3. The summed E-state index contributed by atoms with van der Waals surface area (Å²) in [4.78, 5) is 26.2. The lowest BCUT2D eigenvalue weighted by molar-refractivity contribution is -0.140. The van der Waals surface area contributed by atoms with Crippen LogP contribution in [0.15, 0.2) is 18.2 Å². The molecule has 0 amide bonds. The molecule has 2 aromatic heterocycles. The van der Waals surface area contributed by atoms with Gasteiger partial charge in [0.2, 0.25) is 0 Å². The normalized spacial score (nSPS) is 12.7. The third kappa shape index (κ3) is 9.46. The Morgan fingerprint density at radius 1 is 1.05 bits per heavy atom. The molecule has 0 radical (unpaired) electrons. The number of imidazole rings is 1. The molecule has 0 aliphatic heterocycles. The number of aryl methyl sites for hydroxylation is 2. The van der Waals surface area contributed by atoms with Gasteiger partial charge < -0.3 is 25.5 Å². The SMILES string of the molecule is CCCCc1nc2c([nH]1)c(N)nc1cc(CCCCCN(C)CC(C)(C)COCC(C)(C)CC(=O)O)ccc12. The summed E-state index contributed by atoms with van der Waals surface area (Å²) in [5.74, 6) is 0.721. The number of anilines is 1. The average Bonchev–Trinajstić information content (AvgIpc) is 3.26. The number of nitrogens with zero attached hydrogens (tertiary/aromatic N) is 3. The van der Waals surface area contributed by atoms with E-state index < -0.39 is 5.97 Å². The number of aromatic amines is 1. The number of H-pyrrole nitrogens is 1. The van der Waals surface area contributed by atoms with Crippen LogP contribution >= 0.6 is 0 Å². The third-order valence-electron chi connectivity index (χ3n) is 7.15. The summed E-state index contributed by atoms with van der Waals surface area (Å²) < 4.78 is 5.93. The van der Waals surface area contributed by atoms with Gasteiger partial charge >= 0.3 is 5.97 Å². The van der Waals surface area contributed by atoms with E-state index in [0.717, 1.165) is 85.8 Å². The number of unbranched alkanes of at least 4 members (excludes halogenated alkanes) is 3. The van der Waals surface area contributed by atoms with Gasteiger partial charge in [-0.3, -0.25) is 4.79 Å². The summed E-state index contributed by atoms with van der Waals surface area (Å²) in [5, 5.41) is 10.1. The number of benzene rings is 1. The van der Waals surface area contributed by atoms with Gasteiger partial charge in [0.05, 0.1) is 25.2 Å². The number of ether oxygens (including phenoxy) is 1. The zero-order chi connectivity index (χ0) is 28.6. The smallest absolute Gasteiger partial charge is 0.303 e. The highest BCUT2D eigenvalue weighted by Gasteiger charge is 2.25. The fourth-order valence-electron chi connectivity index (χ4n) is 5.28. The summed E-state index contributed by atoms with van der Waals surface area (Å²) in [6, 6.07) is 6.51. The van der Waals surface area contributed by atoms with Gasteiger partial charge in [0, 0.05) is 23.8 Å². The molecule has 3 aromatic rings. The van der Waals surface area contributed by atoms with Crippen LogP contribution in [0.3, 0.4) is 0 Å². The number of rotatable bonds is 17. The number of hydrogen-bond acceptors (Lipinski definition) is 6. The maximum absolute atomic E-state index is 11.0. The van der Waals surface area contributed by atoms with Crippen LogP contribution in [0, 0.1) is 10.8 Å². The highest BCUT2D eigenvalue weighted by molar-refractivity contribution is 6.06. The molecule has 0 bridgehead atoms. The number of nitrogens with two attached hydrogens (primary N) is 1. The van der Waals surface area contributed by atoms with Crippen molar-refractivity contribution < 1.29 is 14.6 Å². The predicted octanol–water partition coefficient (Wildman–Crippen LogP) is 6.22. The highest BCUT2D eigenvalue weighted by atomic mass is 16.5. The van der Waals surface area contributed by atoms with Crippen molar-refractivity contribution in [1.82, 2.24) is 19.9 Å². The van der Waals surface area contributed by atoms with Gasteiger partial charge in [-0.05, 0) is 56.3 Å². The molecule has 4 N–H and O–H groups in total. The second kappa shape index (κ2) is 13.6. The van der Waals surface area contributed by atoms with Gasteiger partial charge in [-0.25, -0.2) is 9.97 Å². The summed E-state index contributed by atoms with van der Waals surface area (Å²) in [5.41, 5.74) is 9.90. The molecule has 0 fully saturated rings. The van der Waals surface area contributed by atoms with E-state index in [1.807, 2.05) is 13.8 Å². The monoisotopic (exact) mass is 539 g/mol. The molecule has 0 atom stereocenters. The van der Waals surface area contributed by atoms with Crippen molar-refractivity contribution in [3.63, 3.8) is 0 Å². The molecule has 0 aliphatic rings. The van der Waals surface area contributed by atoms with Gasteiger partial charge in [0.1, 0.15) is 22.7 Å². The van der Waals surface area contributed by atoms with Crippen LogP contribution in [0.4, 0.5) is 5.82 Å². The van der Waals surface area contributed by atoms with Gasteiger partial charge in [0.25, 0.3) is 0 Å². The largest absolute Gasteiger partial charge is 0.481 e. The quantitative estimate of drug-likeness (QED) is 0.174. The van der Waals surface area contributed by atoms with Crippen molar-refractivity contribution in [2.75, 3.05) is 39.1 Å².